The molecule has 1 aromatic rings. The number of cyclic esters (lactones) is 1. The molecule has 12 nitrogen and oxygen atoms in total. The van der Waals surface area contributed by atoms with Crippen LogP contribution in [-0.2, 0) is 55.9 Å². The van der Waals surface area contributed by atoms with Gasteiger partial charge in [0.25, 0.3) is 0 Å². The van der Waals surface area contributed by atoms with Gasteiger partial charge in [0, 0.05) is 36.8 Å². The van der Waals surface area contributed by atoms with E-state index in [1.165, 1.54) is 180 Å². The summed E-state index contributed by atoms with van der Waals surface area (Å²) in [6.07, 6.45) is 54.6. The van der Waals surface area contributed by atoms with Crippen LogP contribution in [0.15, 0.2) is 24.3 Å². The molecule has 1 aliphatic rings. The fourth-order valence-electron chi connectivity index (χ4n) is 11.4. The molecule has 0 bridgehead atoms. The average molecular weight is 1190 g/mol. The second-order valence-corrected chi connectivity index (χ2v) is 24.5. The minimum Gasteiger partial charge on any atom is -0.496 e. The minimum absolute atomic E-state index is 0.0911. The Morgan fingerprint density at radius 2 is 0.871 bits per heavy atom. The van der Waals surface area contributed by atoms with Crippen molar-refractivity contribution in [1.29, 1.82) is 0 Å². The Morgan fingerprint density at radius 3 is 1.27 bits per heavy atom. The lowest BCUT2D eigenvalue weighted by atomic mass is 9.94. The molecule has 1 aromatic carbocycles. The number of rotatable bonds is 60. The molecule has 1 heterocycles. The number of fused-ring (bicyclic) bond motifs is 1. The second-order valence-electron chi connectivity index (χ2n) is 24.5. The van der Waals surface area contributed by atoms with Crippen molar-refractivity contribution in [3.05, 3.63) is 46.6 Å². The lowest BCUT2D eigenvalue weighted by molar-refractivity contribution is -0.167. The lowest BCUT2D eigenvalue weighted by Gasteiger charge is -2.19. The van der Waals surface area contributed by atoms with Crippen LogP contribution in [0.2, 0.25) is 0 Å². The van der Waals surface area contributed by atoms with Crippen LogP contribution in [0, 0.1) is 6.92 Å². The predicted octanol–water partition coefficient (Wildman–Crippen LogP) is 20.3. The van der Waals surface area contributed by atoms with Crippen LogP contribution in [0.25, 0.3) is 0 Å². The number of methoxy groups -OCH3 is 1. The highest BCUT2D eigenvalue weighted by Crippen LogP contribution is 2.43. The van der Waals surface area contributed by atoms with Crippen molar-refractivity contribution in [1.82, 2.24) is 0 Å². The number of carbonyl (C=O) groups is 5. The van der Waals surface area contributed by atoms with Crippen LogP contribution in [0.1, 0.15) is 343 Å². The van der Waals surface area contributed by atoms with Gasteiger partial charge in [-0.1, -0.05) is 276 Å². The molecule has 0 aliphatic carbocycles. The fraction of sp³-hybridized carbons (Fsp3) is 0.795. The number of benzene rings is 1. The molecule has 85 heavy (non-hydrogen) atoms. The summed E-state index contributed by atoms with van der Waals surface area (Å²) in [7, 11) is 1.62. The first-order valence-corrected chi connectivity index (χ1v) is 35.0. The molecule has 0 saturated carbocycles. The van der Waals surface area contributed by atoms with Gasteiger partial charge < -0.3 is 33.2 Å². The van der Waals surface area contributed by atoms with Crippen molar-refractivity contribution in [3.63, 3.8) is 0 Å². The van der Waals surface area contributed by atoms with Crippen molar-refractivity contribution in [2.24, 2.45) is 0 Å². The topological polar surface area (TPSA) is 150 Å². The maximum Gasteiger partial charge on any atom is 0.342 e. The van der Waals surface area contributed by atoms with E-state index >= 15 is 0 Å². The third kappa shape index (κ3) is 39.9. The van der Waals surface area contributed by atoms with Crippen molar-refractivity contribution < 1.29 is 57.1 Å². The molecular formula is C73H124O12. The second kappa shape index (κ2) is 53.9. The Bertz CT molecular complexity index is 1890. The van der Waals surface area contributed by atoms with E-state index in [4.69, 9.17) is 33.2 Å². The van der Waals surface area contributed by atoms with Crippen molar-refractivity contribution in [3.8, 4) is 11.5 Å². The highest BCUT2D eigenvalue weighted by Gasteiger charge is 2.33. The van der Waals surface area contributed by atoms with E-state index in [0.29, 0.717) is 62.2 Å². The molecule has 0 N–H and O–H groups in total. The van der Waals surface area contributed by atoms with Gasteiger partial charge in [0.15, 0.2) is 6.10 Å². The maximum absolute atomic E-state index is 13.0. The number of hydrogen-bond acceptors (Lipinski definition) is 12. The zero-order valence-electron chi connectivity index (χ0n) is 55.1. The molecule has 1 aliphatic heterocycles. The zero-order valence-corrected chi connectivity index (χ0v) is 55.1. The Kier molecular flexibility index (Phi) is 48.6. The van der Waals surface area contributed by atoms with Gasteiger partial charge in [-0.2, -0.15) is 0 Å². The first kappa shape index (κ1) is 76.7. The summed E-state index contributed by atoms with van der Waals surface area (Å²) < 4.78 is 39.6. The first-order chi connectivity index (χ1) is 41.6. The van der Waals surface area contributed by atoms with Crippen molar-refractivity contribution >= 4 is 29.8 Å². The number of ether oxygens (including phenoxy) is 7. The summed E-state index contributed by atoms with van der Waals surface area (Å²) >= 11 is 0. The number of carbonyl (C=O) groups excluding carboxylic acids is 5. The predicted molar refractivity (Wildman–Crippen MR) is 346 cm³/mol. The van der Waals surface area contributed by atoms with Crippen LogP contribution in [0.5, 0.6) is 11.5 Å². The molecule has 0 unspecified atom stereocenters. The van der Waals surface area contributed by atoms with E-state index in [1.54, 1.807) is 13.2 Å². The SMILES string of the molecule is C=CCOc1c(C/C=C(\C)CCC(=O)OCCCCCCCCCCCCCCCCCC(=O)OC(COC(=O)CCCCCCCCCCCCCCC)COC(=O)CCCCCCCCCCCCCCC)c(OC)c(C)c2c1C(=O)OC2. The van der Waals surface area contributed by atoms with E-state index in [9.17, 15) is 24.0 Å². The summed E-state index contributed by atoms with van der Waals surface area (Å²) in [5.41, 5.74) is 3.95. The molecule has 488 valence electrons. The van der Waals surface area contributed by atoms with Gasteiger partial charge in [0.05, 0.1) is 13.7 Å². The van der Waals surface area contributed by atoms with E-state index in [0.717, 1.165) is 106 Å². The molecule has 0 amide bonds. The van der Waals surface area contributed by atoms with Gasteiger partial charge in [-0.3, -0.25) is 19.2 Å². The van der Waals surface area contributed by atoms with Gasteiger partial charge in [-0.05, 0) is 57.9 Å². The molecular weight excluding hydrogens is 1070 g/mol. The molecule has 2 rings (SSSR count). The van der Waals surface area contributed by atoms with Gasteiger partial charge in [-0.25, -0.2) is 4.79 Å². The average Bonchev–Trinajstić information content (AvgIpc) is 2.32. The molecule has 12 heteroatoms. The fourth-order valence-corrected chi connectivity index (χ4v) is 11.4. The van der Waals surface area contributed by atoms with Crippen LogP contribution >= 0.6 is 0 Å². The van der Waals surface area contributed by atoms with Gasteiger partial charge in [0.2, 0.25) is 0 Å². The summed E-state index contributed by atoms with van der Waals surface area (Å²) in [6, 6.07) is 0. The lowest BCUT2D eigenvalue weighted by Crippen LogP contribution is -2.30. The van der Waals surface area contributed by atoms with Crippen molar-refractivity contribution in [2.75, 3.05) is 33.5 Å². The maximum atomic E-state index is 13.0. The Morgan fingerprint density at radius 1 is 0.494 bits per heavy atom. The molecule has 0 spiro atoms. The van der Waals surface area contributed by atoms with Crippen LogP contribution in [-0.4, -0.2) is 69.5 Å². The summed E-state index contributed by atoms with van der Waals surface area (Å²) in [4.78, 5) is 63.5. The Labute approximate surface area is 518 Å². The third-order valence-electron chi connectivity index (χ3n) is 16.8. The number of hydrogen-bond donors (Lipinski definition) is 0. The monoisotopic (exact) mass is 1190 g/mol. The van der Waals surface area contributed by atoms with Crippen LogP contribution in [0.4, 0.5) is 0 Å². The summed E-state index contributed by atoms with van der Waals surface area (Å²) in [5.74, 6) is -0.334. The quantitative estimate of drug-likeness (QED) is 0.0264. The summed E-state index contributed by atoms with van der Waals surface area (Å²) in [6.45, 7) is 12.9. The van der Waals surface area contributed by atoms with Gasteiger partial charge in [-0.15, -0.1) is 0 Å². The Balaban J connectivity index is 1.54. The van der Waals surface area contributed by atoms with E-state index in [2.05, 4.69) is 26.5 Å². The van der Waals surface area contributed by atoms with E-state index < -0.39 is 12.1 Å². The molecule has 0 saturated heterocycles. The number of esters is 5. The van der Waals surface area contributed by atoms with Crippen LogP contribution < -0.4 is 9.47 Å². The highest BCUT2D eigenvalue weighted by atomic mass is 16.6. The smallest absolute Gasteiger partial charge is 0.342 e. The normalized spacial score (nSPS) is 12.1. The minimum atomic E-state index is -0.797. The zero-order chi connectivity index (χ0) is 61.6. The van der Waals surface area contributed by atoms with E-state index in [-0.39, 0.29) is 50.3 Å². The number of allylic oxidation sites excluding steroid dienone is 2. The highest BCUT2D eigenvalue weighted by molar-refractivity contribution is 5.98. The standard InChI is InChI=1S/C73H124O12/c1-7-10-12-14-16-18-20-25-29-33-37-41-45-49-66(74)82-58-63(59-83-67(75)50-46-42-38-34-30-26-21-19-17-15-13-11-8-2)85-69(77)51-47-43-39-35-31-27-23-22-24-28-32-36-40-44-48-57-80-68(76)55-53-61(4)52-54-64-71(79-6)62(5)65-60-84-73(78)70(65)72(64)81-56-9-3/h9,52,63H,3,7-8,10-51,53-60H2,1-2,4-6H3/b61-52+. The number of unbranched alkanes of at least 4 members (excludes halogenated alkanes) is 38. The van der Waals surface area contributed by atoms with Gasteiger partial charge in [0.1, 0.15) is 43.5 Å². The molecule has 0 atom stereocenters. The van der Waals surface area contributed by atoms with E-state index in [1.807, 2.05) is 13.8 Å². The molecule has 0 radical (unpaired) electrons. The molecule has 0 fully saturated rings. The Hall–Kier alpha value is -4.35. The van der Waals surface area contributed by atoms with Crippen molar-refractivity contribution in [2.45, 2.75) is 342 Å². The van der Waals surface area contributed by atoms with Crippen LogP contribution in [0.3, 0.4) is 0 Å². The molecule has 0 aromatic heterocycles. The van der Waals surface area contributed by atoms with Gasteiger partial charge >= 0.3 is 29.8 Å². The largest absolute Gasteiger partial charge is 0.496 e. The third-order valence-corrected chi connectivity index (χ3v) is 16.8. The first-order valence-electron chi connectivity index (χ1n) is 35.0. The summed E-state index contributed by atoms with van der Waals surface area (Å²) in [5, 5.41) is 0.